The van der Waals surface area contributed by atoms with E-state index >= 15 is 0 Å². The highest BCUT2D eigenvalue weighted by Gasteiger charge is 2.40. The number of hydrogen-bond donors (Lipinski definition) is 0. The van der Waals surface area contributed by atoms with Gasteiger partial charge in [-0.1, -0.05) is 0 Å². The standard InChI is InChI=1S/C22H6F12I2N2O2/c23-19(24,25)9-1-7(2-10(5-9)20(26,27)28)13-15(39-17(35)37-13)16-14(38-18(36)40-16)8-3-11(21(29,30)31)6-12(4-8)22(32,33)34/h1-6H. The van der Waals surface area contributed by atoms with Crippen molar-refractivity contribution in [3.8, 4) is 34.0 Å². The molecule has 0 bridgehead atoms. The van der Waals surface area contributed by atoms with Gasteiger partial charge in [0.15, 0.2) is 0 Å². The summed E-state index contributed by atoms with van der Waals surface area (Å²) >= 11 is 2.82. The van der Waals surface area contributed by atoms with Gasteiger partial charge in [-0.2, -0.15) is 52.7 Å². The fourth-order valence-electron chi connectivity index (χ4n) is 3.47. The monoisotopic (exact) mass is 812 g/mol. The number of benzene rings is 2. The van der Waals surface area contributed by atoms with Crippen LogP contribution in [0.5, 0.6) is 0 Å². The number of oxazole rings is 2. The molecule has 2 heterocycles. The SMILES string of the molecule is FC(F)(F)c1cc(-c2nc(I)oc2-c2oc(I)nc2-c2cc(C(F)(F)F)cc(C(F)(F)F)c2)cc(C(F)(F)F)c1. The van der Waals surface area contributed by atoms with Crippen molar-refractivity contribution < 1.29 is 61.5 Å². The Bertz CT molecular complexity index is 1400. The van der Waals surface area contributed by atoms with E-state index in [0.717, 1.165) is 0 Å². The van der Waals surface area contributed by atoms with Crippen LogP contribution in [0.1, 0.15) is 22.3 Å². The maximum atomic E-state index is 13.4. The molecule has 0 radical (unpaired) electrons. The minimum absolute atomic E-state index is 0.141. The van der Waals surface area contributed by atoms with Crippen molar-refractivity contribution >= 4 is 45.2 Å². The van der Waals surface area contributed by atoms with Crippen LogP contribution in [0.2, 0.25) is 0 Å². The zero-order valence-electron chi connectivity index (χ0n) is 18.5. The normalized spacial score (nSPS) is 13.2. The van der Waals surface area contributed by atoms with Gasteiger partial charge in [-0.3, -0.25) is 0 Å². The van der Waals surface area contributed by atoms with Gasteiger partial charge in [0.1, 0.15) is 11.4 Å². The molecule has 0 fully saturated rings. The molecule has 0 spiro atoms. The second-order valence-electron chi connectivity index (χ2n) is 7.88. The van der Waals surface area contributed by atoms with E-state index in [9.17, 15) is 52.7 Å². The van der Waals surface area contributed by atoms with Crippen LogP contribution in [0.15, 0.2) is 45.2 Å². The van der Waals surface area contributed by atoms with Crippen molar-refractivity contribution in [3.63, 3.8) is 0 Å². The molecule has 0 aliphatic rings. The topological polar surface area (TPSA) is 52.1 Å². The molecule has 0 aliphatic heterocycles. The molecule has 0 atom stereocenters. The molecule has 4 rings (SSSR count). The van der Waals surface area contributed by atoms with Gasteiger partial charge in [0, 0.05) is 56.3 Å². The molecule has 0 saturated heterocycles. The highest BCUT2D eigenvalue weighted by Crippen LogP contribution is 2.45. The van der Waals surface area contributed by atoms with Crippen LogP contribution >= 0.6 is 45.2 Å². The lowest BCUT2D eigenvalue weighted by Crippen LogP contribution is -2.11. The average Bonchev–Trinajstić information content (AvgIpc) is 3.38. The minimum atomic E-state index is -5.23. The molecule has 214 valence electrons. The smallest absolute Gasteiger partial charge is 0.416 e. The first-order chi connectivity index (χ1) is 18.1. The van der Waals surface area contributed by atoms with Crippen LogP contribution in [0.4, 0.5) is 52.7 Å². The van der Waals surface area contributed by atoms with Crippen molar-refractivity contribution in [1.29, 1.82) is 0 Å². The van der Waals surface area contributed by atoms with Gasteiger partial charge < -0.3 is 8.83 Å². The van der Waals surface area contributed by atoms with E-state index in [1.165, 1.54) is 45.2 Å². The Hall–Kier alpha value is -2.52. The minimum Gasteiger partial charge on any atom is -0.428 e. The Labute approximate surface area is 241 Å². The summed E-state index contributed by atoms with van der Waals surface area (Å²) in [4.78, 5) is 7.59. The largest absolute Gasteiger partial charge is 0.428 e. The van der Waals surface area contributed by atoms with E-state index in [2.05, 4.69) is 9.97 Å². The summed E-state index contributed by atoms with van der Waals surface area (Å²) in [5.74, 6) is -1.37. The Balaban J connectivity index is 2.00. The van der Waals surface area contributed by atoms with Gasteiger partial charge in [-0.25, -0.2) is 9.97 Å². The fraction of sp³-hybridized carbons (Fsp3) is 0.182. The van der Waals surface area contributed by atoms with Crippen LogP contribution in [0, 0.1) is 7.79 Å². The highest BCUT2D eigenvalue weighted by molar-refractivity contribution is 14.1. The maximum Gasteiger partial charge on any atom is 0.416 e. The Morgan fingerprint density at radius 2 is 0.700 bits per heavy atom. The molecule has 4 nitrogen and oxygen atoms in total. The van der Waals surface area contributed by atoms with E-state index in [1.807, 2.05) is 0 Å². The molecule has 18 heteroatoms. The first-order valence-electron chi connectivity index (χ1n) is 10.1. The van der Waals surface area contributed by atoms with Gasteiger partial charge >= 0.3 is 24.7 Å². The number of halogens is 14. The number of nitrogens with zero attached hydrogens (tertiary/aromatic N) is 2. The van der Waals surface area contributed by atoms with Crippen LogP contribution in [-0.4, -0.2) is 9.97 Å². The molecule has 40 heavy (non-hydrogen) atoms. The van der Waals surface area contributed by atoms with Crippen molar-refractivity contribution in [2.45, 2.75) is 24.7 Å². The molecule has 0 unspecified atom stereocenters. The average molecular weight is 812 g/mol. The van der Waals surface area contributed by atoms with Gasteiger partial charge in [0.2, 0.25) is 11.5 Å². The summed E-state index contributed by atoms with van der Waals surface area (Å²) < 4.78 is 171. The molecular formula is C22H6F12I2N2O2. The van der Waals surface area contributed by atoms with E-state index < -0.39 is 81.0 Å². The van der Waals surface area contributed by atoms with Gasteiger partial charge in [-0.15, -0.1) is 0 Å². The van der Waals surface area contributed by atoms with Crippen LogP contribution in [0.3, 0.4) is 0 Å². The van der Waals surface area contributed by atoms with E-state index in [0.29, 0.717) is 24.3 Å². The third-order valence-corrected chi connectivity index (χ3v) is 6.05. The van der Waals surface area contributed by atoms with Crippen molar-refractivity contribution in [2.75, 3.05) is 0 Å². The van der Waals surface area contributed by atoms with Gasteiger partial charge in [-0.05, 0) is 36.4 Å². The molecule has 2 aromatic carbocycles. The first kappa shape index (κ1) is 30.4. The summed E-state index contributed by atoms with van der Waals surface area (Å²) in [6.45, 7) is 0. The zero-order chi connectivity index (χ0) is 30.0. The van der Waals surface area contributed by atoms with Crippen molar-refractivity contribution in [3.05, 3.63) is 66.4 Å². The van der Waals surface area contributed by atoms with E-state index in [-0.39, 0.29) is 19.9 Å². The number of rotatable bonds is 3. The number of aromatic nitrogens is 2. The third-order valence-electron chi connectivity index (χ3n) is 5.13. The quantitative estimate of drug-likeness (QED) is 0.153. The number of hydrogen-bond acceptors (Lipinski definition) is 4. The predicted octanol–water partition coefficient (Wildman–Crippen LogP) is 9.95. The molecule has 0 aliphatic carbocycles. The van der Waals surface area contributed by atoms with E-state index in [1.54, 1.807) is 0 Å². The molecular weight excluding hydrogens is 806 g/mol. The van der Waals surface area contributed by atoms with Gasteiger partial charge in [0.25, 0.3) is 7.79 Å². The van der Waals surface area contributed by atoms with Crippen LogP contribution in [0.25, 0.3) is 34.0 Å². The molecule has 2 aromatic heterocycles. The lowest BCUT2D eigenvalue weighted by Gasteiger charge is -2.14. The maximum absolute atomic E-state index is 13.4. The van der Waals surface area contributed by atoms with Gasteiger partial charge in [0.05, 0.1) is 22.3 Å². The van der Waals surface area contributed by atoms with Crippen LogP contribution < -0.4 is 0 Å². The predicted molar refractivity (Wildman–Crippen MR) is 128 cm³/mol. The molecule has 0 amide bonds. The molecule has 0 saturated carbocycles. The third kappa shape index (κ3) is 6.35. The van der Waals surface area contributed by atoms with E-state index in [4.69, 9.17) is 8.83 Å². The Morgan fingerprint density at radius 1 is 0.450 bits per heavy atom. The second kappa shape index (κ2) is 10.1. The summed E-state index contributed by atoms with van der Waals surface area (Å²) in [6, 6.07) is 0.996. The summed E-state index contributed by atoms with van der Waals surface area (Å²) in [7, 11) is 0. The lowest BCUT2D eigenvalue weighted by molar-refractivity contribution is -0.144. The fourth-order valence-corrected chi connectivity index (χ4v) is 4.39. The summed E-state index contributed by atoms with van der Waals surface area (Å²) in [5.41, 5.74) is -9.72. The summed E-state index contributed by atoms with van der Waals surface area (Å²) in [6.07, 6.45) is -20.9. The Morgan fingerprint density at radius 3 is 0.925 bits per heavy atom. The molecule has 0 N–H and O–H groups in total. The zero-order valence-corrected chi connectivity index (χ0v) is 22.8. The van der Waals surface area contributed by atoms with Crippen molar-refractivity contribution in [2.24, 2.45) is 0 Å². The summed E-state index contributed by atoms with van der Waals surface area (Å²) in [5, 5.41) is 0. The highest BCUT2D eigenvalue weighted by atomic mass is 127. The van der Waals surface area contributed by atoms with Crippen LogP contribution in [-0.2, 0) is 24.7 Å². The lowest BCUT2D eigenvalue weighted by atomic mass is 9.99. The second-order valence-corrected chi connectivity index (χ2v) is 9.72. The van der Waals surface area contributed by atoms with Crippen molar-refractivity contribution in [1.82, 2.24) is 9.97 Å². The number of alkyl halides is 12. The molecule has 4 aromatic rings. The Kier molecular flexibility index (Phi) is 7.67. The first-order valence-corrected chi connectivity index (χ1v) is 12.2.